The first-order chi connectivity index (χ1) is 14.6. The second-order valence-corrected chi connectivity index (χ2v) is 10.4. The zero-order valence-electron chi connectivity index (χ0n) is 19.7. The van der Waals surface area contributed by atoms with E-state index in [-0.39, 0.29) is 41.7 Å². The molecule has 5 nitrogen and oxygen atoms in total. The smallest absolute Gasteiger partial charge is 0.309 e. The maximum absolute atomic E-state index is 12.4. The molecule has 2 aliphatic carbocycles. The molecule has 31 heavy (non-hydrogen) atoms. The molecule has 170 valence electrons. The summed E-state index contributed by atoms with van der Waals surface area (Å²) in [5.74, 6) is -0.502. The van der Waals surface area contributed by atoms with Crippen LogP contribution >= 0.6 is 0 Å². The average Bonchev–Trinajstić information content (AvgIpc) is 2.67. The van der Waals surface area contributed by atoms with Crippen LogP contribution in [-0.4, -0.2) is 30.8 Å². The Morgan fingerprint density at radius 2 is 1.65 bits per heavy atom. The van der Waals surface area contributed by atoms with Crippen LogP contribution in [0.2, 0.25) is 0 Å². The number of nitrogens with one attached hydrogen (secondary N) is 1. The standard InChI is InChI=1S/C26H37NO4/c1-16-11-21(26(3,4)5)12-17(2)22(16)9-10-27-23(28)15-31-25(30)20-13-18-7-6-8-19(14-20)24(18)29/h11-12,18-20H,6-10,13-15H2,1-5H3,(H,27,28)/t18-,19+,20?. The van der Waals surface area contributed by atoms with E-state index in [1.807, 2.05) is 0 Å². The van der Waals surface area contributed by atoms with E-state index >= 15 is 0 Å². The molecule has 0 aromatic heterocycles. The van der Waals surface area contributed by atoms with Gasteiger partial charge in [-0.2, -0.15) is 0 Å². The number of hydrogen-bond acceptors (Lipinski definition) is 4. The van der Waals surface area contributed by atoms with Gasteiger partial charge in [-0.25, -0.2) is 0 Å². The van der Waals surface area contributed by atoms with Crippen LogP contribution in [-0.2, 0) is 31.0 Å². The number of hydrogen-bond donors (Lipinski definition) is 1. The molecule has 3 atom stereocenters. The second-order valence-electron chi connectivity index (χ2n) is 10.4. The molecule has 1 unspecified atom stereocenters. The van der Waals surface area contributed by atoms with Crippen molar-refractivity contribution in [2.75, 3.05) is 13.2 Å². The van der Waals surface area contributed by atoms with Gasteiger partial charge in [0.15, 0.2) is 6.61 Å². The van der Waals surface area contributed by atoms with Crippen molar-refractivity contribution in [1.82, 2.24) is 5.32 Å². The van der Waals surface area contributed by atoms with E-state index in [2.05, 4.69) is 52.1 Å². The summed E-state index contributed by atoms with van der Waals surface area (Å²) in [6.07, 6.45) is 4.75. The first kappa shape index (κ1) is 23.5. The van der Waals surface area contributed by atoms with Crippen molar-refractivity contribution < 1.29 is 19.1 Å². The Bertz CT molecular complexity index is 812. The summed E-state index contributed by atoms with van der Waals surface area (Å²) in [5, 5.41) is 2.87. The lowest BCUT2D eigenvalue weighted by Gasteiger charge is -2.36. The number of rotatable bonds is 6. The normalized spacial score (nSPS) is 23.4. The topological polar surface area (TPSA) is 72.5 Å². The Morgan fingerprint density at radius 1 is 1.06 bits per heavy atom. The summed E-state index contributed by atoms with van der Waals surface area (Å²) in [7, 11) is 0. The van der Waals surface area contributed by atoms with Gasteiger partial charge in [-0.3, -0.25) is 14.4 Å². The van der Waals surface area contributed by atoms with Crippen LogP contribution in [0.25, 0.3) is 0 Å². The van der Waals surface area contributed by atoms with E-state index in [4.69, 9.17) is 4.74 Å². The van der Waals surface area contributed by atoms with Gasteiger partial charge in [0.25, 0.3) is 5.91 Å². The van der Waals surface area contributed by atoms with Crippen molar-refractivity contribution in [3.05, 3.63) is 34.4 Å². The molecule has 0 spiro atoms. The van der Waals surface area contributed by atoms with Gasteiger partial charge in [-0.15, -0.1) is 0 Å². The SMILES string of the molecule is Cc1cc(C(C)(C)C)cc(C)c1CCNC(=O)COC(=O)C1C[C@H]2CCC[C@@H](C1)C2=O. The Kier molecular flexibility index (Phi) is 7.23. The number of aryl methyl sites for hydroxylation is 2. The van der Waals surface area contributed by atoms with Crippen LogP contribution in [0.15, 0.2) is 12.1 Å². The van der Waals surface area contributed by atoms with Gasteiger partial charge in [-0.05, 0) is 73.6 Å². The van der Waals surface area contributed by atoms with Gasteiger partial charge in [0.1, 0.15) is 5.78 Å². The Labute approximate surface area is 186 Å². The minimum Gasteiger partial charge on any atom is -0.455 e. The molecule has 1 aromatic rings. The molecule has 1 N–H and O–H groups in total. The third-order valence-corrected chi connectivity index (χ3v) is 6.99. The zero-order valence-corrected chi connectivity index (χ0v) is 19.7. The number of benzene rings is 1. The minimum atomic E-state index is -0.330. The quantitative estimate of drug-likeness (QED) is 0.691. The van der Waals surface area contributed by atoms with Crippen LogP contribution in [0.1, 0.15) is 75.1 Å². The van der Waals surface area contributed by atoms with E-state index in [9.17, 15) is 14.4 Å². The second kappa shape index (κ2) is 9.54. The lowest BCUT2D eigenvalue weighted by Crippen LogP contribution is -2.40. The van der Waals surface area contributed by atoms with E-state index < -0.39 is 0 Å². The van der Waals surface area contributed by atoms with Crippen molar-refractivity contribution in [2.24, 2.45) is 17.8 Å². The van der Waals surface area contributed by atoms with E-state index in [1.54, 1.807) is 0 Å². The molecule has 2 fully saturated rings. The van der Waals surface area contributed by atoms with Crippen molar-refractivity contribution in [1.29, 1.82) is 0 Å². The molecule has 5 heteroatoms. The molecule has 1 aromatic carbocycles. The number of ketones is 1. The number of esters is 1. The van der Waals surface area contributed by atoms with E-state index in [0.717, 1.165) is 25.7 Å². The molecule has 3 rings (SSSR count). The summed E-state index contributed by atoms with van der Waals surface area (Å²) in [5.41, 5.74) is 5.15. The molecule has 0 aliphatic heterocycles. The maximum Gasteiger partial charge on any atom is 0.309 e. The number of fused-ring (bicyclic) bond motifs is 2. The fourth-order valence-corrected chi connectivity index (χ4v) is 5.13. The van der Waals surface area contributed by atoms with Crippen LogP contribution < -0.4 is 5.32 Å². The predicted molar refractivity (Wildman–Crippen MR) is 121 cm³/mol. The fourth-order valence-electron chi connectivity index (χ4n) is 5.13. The van der Waals surface area contributed by atoms with Crippen LogP contribution in [0.4, 0.5) is 0 Å². The summed E-state index contributed by atoms with van der Waals surface area (Å²) >= 11 is 0. The number of carbonyl (C=O) groups excluding carboxylic acids is 3. The Hall–Kier alpha value is -2.17. The third kappa shape index (κ3) is 5.75. The highest BCUT2D eigenvalue weighted by Gasteiger charge is 2.41. The molecule has 1 amide bonds. The Morgan fingerprint density at radius 3 is 2.19 bits per heavy atom. The van der Waals surface area contributed by atoms with Gasteiger partial charge >= 0.3 is 5.97 Å². The number of carbonyl (C=O) groups is 3. The Balaban J connectivity index is 1.44. The monoisotopic (exact) mass is 427 g/mol. The molecule has 0 heterocycles. The van der Waals surface area contributed by atoms with Gasteiger partial charge < -0.3 is 10.1 Å². The first-order valence-corrected chi connectivity index (χ1v) is 11.6. The lowest BCUT2D eigenvalue weighted by molar-refractivity contribution is -0.156. The number of Topliss-reactive ketones (excluding diaryl/α,β-unsaturated/α-hetero) is 1. The minimum absolute atomic E-state index is 0.00928. The van der Waals surface area contributed by atoms with Crippen LogP contribution in [0, 0.1) is 31.6 Å². The van der Waals surface area contributed by atoms with Crippen molar-refractivity contribution >= 4 is 17.7 Å². The number of ether oxygens (including phenoxy) is 1. The van der Waals surface area contributed by atoms with Gasteiger partial charge in [0.2, 0.25) is 0 Å². The molecule has 2 bridgehead atoms. The van der Waals surface area contributed by atoms with Crippen molar-refractivity contribution in [3.8, 4) is 0 Å². The summed E-state index contributed by atoms with van der Waals surface area (Å²) in [6, 6.07) is 4.46. The van der Waals surface area contributed by atoms with Gasteiger partial charge in [0, 0.05) is 18.4 Å². The van der Waals surface area contributed by atoms with Crippen LogP contribution in [0.5, 0.6) is 0 Å². The van der Waals surface area contributed by atoms with Crippen LogP contribution in [0.3, 0.4) is 0 Å². The first-order valence-electron chi connectivity index (χ1n) is 11.6. The fraction of sp³-hybridized carbons (Fsp3) is 0.654. The highest BCUT2D eigenvalue weighted by atomic mass is 16.5. The molecule has 2 saturated carbocycles. The molecule has 2 aliphatic rings. The summed E-state index contributed by atoms with van der Waals surface area (Å²) in [6.45, 7) is 11.1. The van der Waals surface area contributed by atoms with Crippen molar-refractivity contribution in [3.63, 3.8) is 0 Å². The molecule has 0 radical (unpaired) electrons. The highest BCUT2D eigenvalue weighted by Crippen LogP contribution is 2.40. The summed E-state index contributed by atoms with van der Waals surface area (Å²) in [4.78, 5) is 36.8. The molecular weight excluding hydrogens is 390 g/mol. The van der Waals surface area contributed by atoms with Gasteiger partial charge in [-0.1, -0.05) is 39.3 Å². The van der Waals surface area contributed by atoms with E-state index in [0.29, 0.717) is 25.2 Å². The summed E-state index contributed by atoms with van der Waals surface area (Å²) < 4.78 is 5.28. The number of amides is 1. The zero-order chi connectivity index (χ0) is 22.8. The molecule has 0 saturated heterocycles. The van der Waals surface area contributed by atoms with Crippen molar-refractivity contribution in [2.45, 2.75) is 78.6 Å². The largest absolute Gasteiger partial charge is 0.455 e. The highest BCUT2D eigenvalue weighted by molar-refractivity contribution is 5.88. The van der Waals surface area contributed by atoms with Gasteiger partial charge in [0.05, 0.1) is 5.92 Å². The third-order valence-electron chi connectivity index (χ3n) is 6.99. The van der Waals surface area contributed by atoms with E-state index in [1.165, 1.54) is 22.3 Å². The average molecular weight is 428 g/mol. The molecular formula is C26H37NO4. The predicted octanol–water partition coefficient (Wildman–Crippen LogP) is 4.20. The maximum atomic E-state index is 12.4. The lowest BCUT2D eigenvalue weighted by atomic mass is 9.67.